The fraction of sp³-hybridized carbons (Fsp3) is 0.429. The zero-order valence-corrected chi connectivity index (χ0v) is 11.6. The van der Waals surface area contributed by atoms with E-state index in [0.717, 1.165) is 43.3 Å². The average molecular weight is 259 g/mol. The minimum Gasteiger partial charge on any atom is -0.399 e. The number of hydrogen-bond donors (Lipinski definition) is 1. The number of aryl methyl sites for hydroxylation is 1. The minimum absolute atomic E-state index is 0.764. The van der Waals surface area contributed by atoms with Crippen molar-refractivity contribution in [3.05, 3.63) is 36.4 Å². The summed E-state index contributed by atoms with van der Waals surface area (Å²) in [4.78, 5) is 6.61. The lowest BCUT2D eigenvalue weighted by Gasteiger charge is -2.22. The molecule has 102 valence electrons. The molecule has 1 aromatic heterocycles. The third kappa shape index (κ3) is 3.24. The van der Waals surface area contributed by atoms with E-state index in [9.17, 15) is 0 Å². The van der Waals surface area contributed by atoms with Crippen molar-refractivity contribution in [2.75, 3.05) is 17.2 Å². The Balaban J connectivity index is 2.14. The number of nitrogens with zero attached hydrogens (tertiary/aromatic N) is 4. The van der Waals surface area contributed by atoms with Crippen LogP contribution in [0.4, 0.5) is 11.4 Å². The van der Waals surface area contributed by atoms with Crippen molar-refractivity contribution < 1.29 is 0 Å². The molecule has 19 heavy (non-hydrogen) atoms. The topological polar surface area (TPSA) is 60.0 Å². The molecule has 0 saturated heterocycles. The Kier molecular flexibility index (Phi) is 4.39. The predicted molar refractivity (Wildman–Crippen MR) is 77.9 cm³/mol. The van der Waals surface area contributed by atoms with Gasteiger partial charge in [-0.05, 0) is 37.6 Å². The Hall–Kier alpha value is -2.04. The zero-order chi connectivity index (χ0) is 13.7. The summed E-state index contributed by atoms with van der Waals surface area (Å²) in [7, 11) is 0. The van der Waals surface area contributed by atoms with Gasteiger partial charge in [-0.25, -0.2) is 9.67 Å². The Morgan fingerprint density at radius 3 is 2.58 bits per heavy atom. The van der Waals surface area contributed by atoms with Crippen molar-refractivity contribution in [3.8, 4) is 0 Å². The fourth-order valence-electron chi connectivity index (χ4n) is 2.05. The SMILES string of the molecule is CCCn1ncnc1CN(CC)c1ccc(N)cc1. The van der Waals surface area contributed by atoms with Gasteiger partial charge in [-0.3, -0.25) is 0 Å². The van der Waals surface area contributed by atoms with Crippen LogP contribution in [0, 0.1) is 0 Å². The number of aromatic nitrogens is 3. The quantitative estimate of drug-likeness (QED) is 0.809. The molecule has 0 unspecified atom stereocenters. The van der Waals surface area contributed by atoms with Crippen molar-refractivity contribution >= 4 is 11.4 Å². The van der Waals surface area contributed by atoms with E-state index in [1.807, 2.05) is 28.9 Å². The summed E-state index contributed by atoms with van der Waals surface area (Å²) in [5.41, 5.74) is 7.66. The largest absolute Gasteiger partial charge is 0.399 e. The molecule has 0 spiro atoms. The summed E-state index contributed by atoms with van der Waals surface area (Å²) in [5, 5.41) is 4.26. The van der Waals surface area contributed by atoms with E-state index in [4.69, 9.17) is 5.73 Å². The number of nitrogen functional groups attached to an aromatic ring is 1. The summed E-state index contributed by atoms with van der Waals surface area (Å²) in [6.07, 6.45) is 2.69. The van der Waals surface area contributed by atoms with Gasteiger partial charge in [0, 0.05) is 24.5 Å². The predicted octanol–water partition coefficient (Wildman–Crippen LogP) is 2.30. The highest BCUT2D eigenvalue weighted by atomic mass is 15.3. The molecule has 0 amide bonds. The zero-order valence-electron chi connectivity index (χ0n) is 11.6. The van der Waals surface area contributed by atoms with Gasteiger partial charge in [0.25, 0.3) is 0 Å². The summed E-state index contributed by atoms with van der Waals surface area (Å²) in [6, 6.07) is 7.93. The molecule has 2 N–H and O–H groups in total. The molecular formula is C14H21N5. The third-order valence-corrected chi connectivity index (χ3v) is 3.10. The molecule has 0 aliphatic heterocycles. The van der Waals surface area contributed by atoms with Crippen LogP contribution in [0.1, 0.15) is 26.1 Å². The monoisotopic (exact) mass is 259 g/mol. The molecule has 0 aliphatic carbocycles. The van der Waals surface area contributed by atoms with E-state index in [0.29, 0.717) is 0 Å². The summed E-state index contributed by atoms with van der Waals surface area (Å²) < 4.78 is 1.97. The summed E-state index contributed by atoms with van der Waals surface area (Å²) in [6.45, 7) is 6.87. The van der Waals surface area contributed by atoms with Gasteiger partial charge in [0.1, 0.15) is 12.2 Å². The first-order valence-corrected chi connectivity index (χ1v) is 6.71. The molecular weight excluding hydrogens is 238 g/mol. The van der Waals surface area contributed by atoms with E-state index in [-0.39, 0.29) is 0 Å². The molecule has 5 heteroatoms. The summed E-state index contributed by atoms with van der Waals surface area (Å²) in [5.74, 6) is 1.00. The van der Waals surface area contributed by atoms with E-state index in [1.165, 1.54) is 0 Å². The number of anilines is 2. The van der Waals surface area contributed by atoms with Crippen molar-refractivity contribution in [1.82, 2.24) is 14.8 Å². The number of hydrogen-bond acceptors (Lipinski definition) is 4. The number of benzene rings is 1. The smallest absolute Gasteiger partial charge is 0.146 e. The van der Waals surface area contributed by atoms with Gasteiger partial charge in [0.15, 0.2) is 0 Å². The molecule has 0 saturated carbocycles. The normalized spacial score (nSPS) is 10.6. The van der Waals surface area contributed by atoms with Crippen molar-refractivity contribution in [3.63, 3.8) is 0 Å². The van der Waals surface area contributed by atoms with Crippen LogP contribution in [0.15, 0.2) is 30.6 Å². The fourth-order valence-corrected chi connectivity index (χ4v) is 2.05. The lowest BCUT2D eigenvalue weighted by Crippen LogP contribution is -2.24. The molecule has 0 bridgehead atoms. The Morgan fingerprint density at radius 1 is 1.21 bits per heavy atom. The first-order chi connectivity index (χ1) is 9.24. The lowest BCUT2D eigenvalue weighted by atomic mass is 10.2. The van der Waals surface area contributed by atoms with Gasteiger partial charge in [0.2, 0.25) is 0 Å². The Bertz CT molecular complexity index is 503. The highest BCUT2D eigenvalue weighted by Crippen LogP contribution is 2.18. The van der Waals surface area contributed by atoms with Crippen LogP contribution in [-0.4, -0.2) is 21.3 Å². The maximum atomic E-state index is 5.72. The third-order valence-electron chi connectivity index (χ3n) is 3.10. The van der Waals surface area contributed by atoms with Gasteiger partial charge in [-0.1, -0.05) is 6.92 Å². The first-order valence-electron chi connectivity index (χ1n) is 6.71. The maximum absolute atomic E-state index is 5.72. The lowest BCUT2D eigenvalue weighted by molar-refractivity contribution is 0.562. The van der Waals surface area contributed by atoms with Gasteiger partial charge in [-0.15, -0.1) is 0 Å². The van der Waals surface area contributed by atoms with E-state index < -0.39 is 0 Å². The molecule has 1 aromatic carbocycles. The molecule has 1 heterocycles. The second-order valence-corrected chi connectivity index (χ2v) is 4.51. The van der Waals surface area contributed by atoms with E-state index in [2.05, 4.69) is 28.8 Å². The second-order valence-electron chi connectivity index (χ2n) is 4.51. The molecule has 2 aromatic rings. The average Bonchev–Trinajstić information content (AvgIpc) is 2.85. The first kappa shape index (κ1) is 13.4. The Labute approximate surface area is 114 Å². The van der Waals surface area contributed by atoms with Gasteiger partial charge >= 0.3 is 0 Å². The van der Waals surface area contributed by atoms with E-state index >= 15 is 0 Å². The van der Waals surface area contributed by atoms with Crippen LogP contribution in [0.3, 0.4) is 0 Å². The van der Waals surface area contributed by atoms with E-state index in [1.54, 1.807) is 6.33 Å². The highest BCUT2D eigenvalue weighted by Gasteiger charge is 2.10. The van der Waals surface area contributed by atoms with Gasteiger partial charge in [-0.2, -0.15) is 5.10 Å². The highest BCUT2D eigenvalue weighted by molar-refractivity contribution is 5.53. The van der Waals surface area contributed by atoms with Gasteiger partial charge < -0.3 is 10.6 Å². The molecule has 0 atom stereocenters. The van der Waals surface area contributed by atoms with Crippen molar-refractivity contribution in [2.24, 2.45) is 0 Å². The number of nitrogens with two attached hydrogens (primary N) is 1. The van der Waals surface area contributed by atoms with Gasteiger partial charge in [0.05, 0.1) is 6.54 Å². The molecule has 2 rings (SSSR count). The van der Waals surface area contributed by atoms with Crippen LogP contribution in [0.2, 0.25) is 0 Å². The molecule has 0 radical (unpaired) electrons. The van der Waals surface area contributed by atoms with Crippen molar-refractivity contribution in [2.45, 2.75) is 33.4 Å². The van der Waals surface area contributed by atoms with Crippen LogP contribution >= 0.6 is 0 Å². The van der Waals surface area contributed by atoms with Crippen LogP contribution in [-0.2, 0) is 13.1 Å². The van der Waals surface area contributed by atoms with Crippen molar-refractivity contribution in [1.29, 1.82) is 0 Å². The minimum atomic E-state index is 0.764. The standard InChI is InChI=1S/C14H21N5/c1-3-9-19-14(16-11-17-19)10-18(4-2)13-7-5-12(15)6-8-13/h5-8,11H,3-4,9-10,15H2,1-2H3. The van der Waals surface area contributed by atoms with Crippen LogP contribution in [0.25, 0.3) is 0 Å². The maximum Gasteiger partial charge on any atom is 0.146 e. The summed E-state index contributed by atoms with van der Waals surface area (Å²) >= 11 is 0. The second kappa shape index (κ2) is 6.22. The molecule has 5 nitrogen and oxygen atoms in total. The molecule has 0 fully saturated rings. The van der Waals surface area contributed by atoms with Crippen LogP contribution in [0.5, 0.6) is 0 Å². The molecule has 0 aliphatic rings. The Morgan fingerprint density at radius 2 is 1.95 bits per heavy atom. The van der Waals surface area contributed by atoms with Crippen LogP contribution < -0.4 is 10.6 Å². The number of rotatable bonds is 6.